The van der Waals surface area contributed by atoms with Gasteiger partial charge in [0.15, 0.2) is 0 Å². The van der Waals surface area contributed by atoms with Crippen LogP contribution in [0.4, 0.5) is 11.4 Å². The molecular weight excluding hydrogens is 472 g/mol. The first-order valence-corrected chi connectivity index (χ1v) is 13.8. The number of hydrogen-bond donors (Lipinski definition) is 1. The maximum absolute atomic E-state index is 13.6. The van der Waals surface area contributed by atoms with E-state index in [0.717, 1.165) is 68.9 Å². The number of anilines is 2. The number of benzene rings is 3. The Bertz CT molecular complexity index is 1260. The average molecular weight is 511 g/mol. The summed E-state index contributed by atoms with van der Waals surface area (Å²) in [5.74, 6) is 0.184. The number of carbonyl (C=O) groups excluding carboxylic acids is 2. The topological polar surface area (TPSA) is 55.9 Å². The highest BCUT2D eigenvalue weighted by Gasteiger charge is 2.27. The van der Waals surface area contributed by atoms with Gasteiger partial charge in [-0.3, -0.25) is 9.59 Å². The van der Waals surface area contributed by atoms with Crippen molar-refractivity contribution in [2.45, 2.75) is 39.2 Å². The fourth-order valence-corrected chi connectivity index (χ4v) is 5.52. The molecule has 2 aliphatic heterocycles. The van der Waals surface area contributed by atoms with Gasteiger partial charge in [0.2, 0.25) is 5.91 Å². The van der Waals surface area contributed by atoms with Crippen molar-refractivity contribution in [1.82, 2.24) is 10.2 Å². The molecule has 2 aliphatic rings. The molecule has 6 nitrogen and oxygen atoms in total. The summed E-state index contributed by atoms with van der Waals surface area (Å²) in [6.07, 6.45) is 2.16. The van der Waals surface area contributed by atoms with Gasteiger partial charge < -0.3 is 20.0 Å². The number of piperidine rings is 1. The molecule has 0 atom stereocenters. The van der Waals surface area contributed by atoms with E-state index in [1.807, 2.05) is 53.4 Å². The van der Waals surface area contributed by atoms with E-state index < -0.39 is 0 Å². The number of nitrogens with zero attached hydrogens (tertiary/aromatic N) is 3. The van der Waals surface area contributed by atoms with Gasteiger partial charge in [0, 0.05) is 56.7 Å². The Morgan fingerprint density at radius 2 is 1.45 bits per heavy atom. The normalized spacial score (nSPS) is 16.4. The standard InChI is InChI=1S/C32H38N4O2/c1-24-12-13-28(22-25(24)2)34-18-20-36(21-19-34)32(38)29-10-6-7-11-30(29)35-16-14-27(15-17-35)33-31(37)23-26-8-4-3-5-9-26/h3-13,22,27H,14-21,23H2,1-2H3,(H,33,37). The highest BCUT2D eigenvalue weighted by atomic mass is 16.2. The second-order valence-corrected chi connectivity index (χ2v) is 10.6. The van der Waals surface area contributed by atoms with E-state index in [9.17, 15) is 9.59 Å². The Kier molecular flexibility index (Phi) is 7.97. The van der Waals surface area contributed by atoms with Crippen molar-refractivity contribution in [1.29, 1.82) is 0 Å². The molecule has 0 spiro atoms. The van der Waals surface area contributed by atoms with Gasteiger partial charge in [-0.05, 0) is 67.6 Å². The van der Waals surface area contributed by atoms with Crippen LogP contribution in [0.3, 0.4) is 0 Å². The molecule has 0 unspecified atom stereocenters. The third-order valence-electron chi connectivity index (χ3n) is 7.97. The Labute approximate surface area is 226 Å². The number of carbonyl (C=O) groups is 2. The van der Waals surface area contributed by atoms with Gasteiger partial charge in [0.25, 0.3) is 5.91 Å². The van der Waals surface area contributed by atoms with Crippen LogP contribution in [0, 0.1) is 13.8 Å². The molecule has 2 saturated heterocycles. The molecule has 0 aliphatic carbocycles. The van der Waals surface area contributed by atoms with E-state index in [-0.39, 0.29) is 17.9 Å². The van der Waals surface area contributed by atoms with Gasteiger partial charge >= 0.3 is 0 Å². The van der Waals surface area contributed by atoms with Crippen molar-refractivity contribution in [3.63, 3.8) is 0 Å². The molecular formula is C32H38N4O2. The van der Waals surface area contributed by atoms with Crippen molar-refractivity contribution in [2.75, 3.05) is 49.1 Å². The maximum atomic E-state index is 13.6. The van der Waals surface area contributed by atoms with Crippen LogP contribution in [0.1, 0.15) is 39.9 Å². The Morgan fingerprint density at radius 3 is 2.16 bits per heavy atom. The van der Waals surface area contributed by atoms with Crippen molar-refractivity contribution in [3.05, 3.63) is 95.1 Å². The highest BCUT2D eigenvalue weighted by Crippen LogP contribution is 2.27. The average Bonchev–Trinajstić information content (AvgIpc) is 2.95. The number of aryl methyl sites for hydroxylation is 2. The molecule has 3 aromatic rings. The van der Waals surface area contributed by atoms with Crippen molar-refractivity contribution >= 4 is 23.2 Å². The number of nitrogens with one attached hydrogen (secondary N) is 1. The molecule has 38 heavy (non-hydrogen) atoms. The summed E-state index contributed by atoms with van der Waals surface area (Å²) in [7, 11) is 0. The molecule has 2 heterocycles. The summed E-state index contributed by atoms with van der Waals surface area (Å²) >= 11 is 0. The second-order valence-electron chi connectivity index (χ2n) is 10.6. The first kappa shape index (κ1) is 25.8. The molecule has 3 aromatic carbocycles. The molecule has 0 radical (unpaired) electrons. The van der Waals surface area contributed by atoms with Gasteiger partial charge in [0.05, 0.1) is 12.0 Å². The van der Waals surface area contributed by atoms with Gasteiger partial charge in [-0.1, -0.05) is 48.5 Å². The lowest BCUT2D eigenvalue weighted by Gasteiger charge is -2.38. The zero-order chi connectivity index (χ0) is 26.5. The predicted octanol–water partition coefficient (Wildman–Crippen LogP) is 4.59. The third-order valence-corrected chi connectivity index (χ3v) is 7.97. The second kappa shape index (κ2) is 11.7. The molecule has 2 fully saturated rings. The minimum atomic E-state index is 0.0742. The van der Waals surface area contributed by atoms with E-state index in [1.54, 1.807) is 0 Å². The van der Waals surface area contributed by atoms with Gasteiger partial charge in [-0.25, -0.2) is 0 Å². The van der Waals surface area contributed by atoms with Crippen molar-refractivity contribution in [2.24, 2.45) is 0 Å². The number of rotatable bonds is 6. The molecule has 198 valence electrons. The number of piperazine rings is 1. The van der Waals surface area contributed by atoms with Gasteiger partial charge in [-0.15, -0.1) is 0 Å². The zero-order valence-electron chi connectivity index (χ0n) is 22.5. The molecule has 0 bridgehead atoms. The fourth-order valence-electron chi connectivity index (χ4n) is 5.52. The van der Waals surface area contributed by atoms with Crippen molar-refractivity contribution in [3.8, 4) is 0 Å². The van der Waals surface area contributed by atoms with Crippen LogP contribution < -0.4 is 15.1 Å². The Morgan fingerprint density at radius 1 is 0.763 bits per heavy atom. The van der Waals surface area contributed by atoms with Crippen LogP contribution in [0.25, 0.3) is 0 Å². The van der Waals surface area contributed by atoms with Crippen LogP contribution in [-0.2, 0) is 11.2 Å². The van der Waals surface area contributed by atoms with E-state index in [2.05, 4.69) is 53.2 Å². The van der Waals surface area contributed by atoms with Crippen LogP contribution in [0.5, 0.6) is 0 Å². The maximum Gasteiger partial charge on any atom is 0.256 e. The molecule has 1 N–H and O–H groups in total. The van der Waals surface area contributed by atoms with Crippen LogP contribution >= 0.6 is 0 Å². The summed E-state index contributed by atoms with van der Waals surface area (Å²) < 4.78 is 0. The lowest BCUT2D eigenvalue weighted by molar-refractivity contribution is -0.121. The summed E-state index contributed by atoms with van der Waals surface area (Å²) in [6.45, 7) is 9.04. The van der Waals surface area contributed by atoms with Crippen LogP contribution in [-0.4, -0.2) is 62.0 Å². The van der Waals surface area contributed by atoms with E-state index >= 15 is 0 Å². The smallest absolute Gasteiger partial charge is 0.256 e. The van der Waals surface area contributed by atoms with Gasteiger partial charge in [-0.2, -0.15) is 0 Å². The minimum absolute atomic E-state index is 0.0742. The van der Waals surface area contributed by atoms with E-state index in [0.29, 0.717) is 6.42 Å². The fraction of sp³-hybridized carbons (Fsp3) is 0.375. The predicted molar refractivity (Wildman–Crippen MR) is 154 cm³/mol. The van der Waals surface area contributed by atoms with Gasteiger partial charge in [0.1, 0.15) is 0 Å². The van der Waals surface area contributed by atoms with E-state index in [1.165, 1.54) is 16.8 Å². The third kappa shape index (κ3) is 6.01. The summed E-state index contributed by atoms with van der Waals surface area (Å²) in [5, 5.41) is 3.21. The first-order chi connectivity index (χ1) is 18.5. The number of para-hydroxylation sites is 1. The SMILES string of the molecule is Cc1ccc(N2CCN(C(=O)c3ccccc3N3CCC(NC(=O)Cc4ccccc4)CC3)CC2)cc1C. The summed E-state index contributed by atoms with van der Waals surface area (Å²) in [4.78, 5) is 32.8. The zero-order valence-corrected chi connectivity index (χ0v) is 22.5. The molecule has 2 amide bonds. The van der Waals surface area contributed by atoms with Crippen LogP contribution in [0.2, 0.25) is 0 Å². The largest absolute Gasteiger partial charge is 0.371 e. The van der Waals surface area contributed by atoms with Crippen molar-refractivity contribution < 1.29 is 9.59 Å². The summed E-state index contributed by atoms with van der Waals surface area (Å²) in [6, 6.07) is 24.6. The van der Waals surface area contributed by atoms with E-state index in [4.69, 9.17) is 0 Å². The lowest BCUT2D eigenvalue weighted by atomic mass is 10.0. The van der Waals surface area contributed by atoms with Crippen LogP contribution in [0.15, 0.2) is 72.8 Å². The number of amides is 2. The number of hydrogen-bond acceptors (Lipinski definition) is 4. The Hall–Kier alpha value is -3.80. The highest BCUT2D eigenvalue weighted by molar-refractivity contribution is 6.00. The quantitative estimate of drug-likeness (QED) is 0.527. The minimum Gasteiger partial charge on any atom is -0.371 e. The molecule has 0 saturated carbocycles. The summed E-state index contributed by atoms with van der Waals surface area (Å²) in [5.41, 5.74) is 6.65. The molecule has 0 aromatic heterocycles. The molecule has 5 rings (SSSR count). The Balaban J connectivity index is 1.16. The monoisotopic (exact) mass is 510 g/mol. The first-order valence-electron chi connectivity index (χ1n) is 13.8. The lowest BCUT2D eigenvalue weighted by Crippen LogP contribution is -2.49. The molecule has 6 heteroatoms.